The lowest BCUT2D eigenvalue weighted by atomic mass is 9.78. The van der Waals surface area contributed by atoms with Gasteiger partial charge in [0.15, 0.2) is 6.29 Å². The molecule has 0 aromatic heterocycles. The summed E-state index contributed by atoms with van der Waals surface area (Å²) in [6.07, 6.45) is 3.09. The summed E-state index contributed by atoms with van der Waals surface area (Å²) in [7, 11) is 0. The summed E-state index contributed by atoms with van der Waals surface area (Å²) >= 11 is 0. The van der Waals surface area contributed by atoms with E-state index in [2.05, 4.69) is 6.07 Å². The fourth-order valence-electron chi connectivity index (χ4n) is 2.96. The third-order valence-corrected chi connectivity index (χ3v) is 3.90. The van der Waals surface area contributed by atoms with E-state index in [1.165, 1.54) is 0 Å². The molecular weight excluding hydrogens is 224 g/mol. The number of carbonyl (C=O) groups excluding carboxylic acids is 1. The van der Waals surface area contributed by atoms with Crippen LogP contribution >= 0.6 is 0 Å². The van der Waals surface area contributed by atoms with Crippen LogP contribution in [0.5, 0.6) is 0 Å². The van der Waals surface area contributed by atoms with Crippen molar-refractivity contribution in [1.29, 1.82) is 0 Å². The molecule has 2 heteroatoms. The van der Waals surface area contributed by atoms with Crippen LogP contribution in [-0.4, -0.2) is 17.0 Å². The molecular formula is C16H16O2. The lowest BCUT2D eigenvalue weighted by Gasteiger charge is -2.31. The van der Waals surface area contributed by atoms with Crippen molar-refractivity contribution < 1.29 is 9.90 Å². The molecule has 92 valence electrons. The van der Waals surface area contributed by atoms with Crippen molar-refractivity contribution in [2.24, 2.45) is 0 Å². The number of hydrogen-bond donors (Lipinski definition) is 1. The van der Waals surface area contributed by atoms with Crippen LogP contribution in [0.4, 0.5) is 0 Å². The zero-order valence-corrected chi connectivity index (χ0v) is 10.4. The van der Waals surface area contributed by atoms with Gasteiger partial charge in [0.25, 0.3) is 0 Å². The van der Waals surface area contributed by atoms with Crippen LogP contribution in [0.2, 0.25) is 0 Å². The molecule has 0 fully saturated rings. The maximum atomic E-state index is 11.4. The molecule has 0 radical (unpaired) electrons. The van der Waals surface area contributed by atoms with Crippen LogP contribution in [-0.2, 0) is 12.8 Å². The van der Waals surface area contributed by atoms with Crippen molar-refractivity contribution in [3.8, 4) is 0 Å². The van der Waals surface area contributed by atoms with Crippen LogP contribution in [0, 0.1) is 0 Å². The van der Waals surface area contributed by atoms with Crippen LogP contribution < -0.4 is 0 Å². The van der Waals surface area contributed by atoms with Gasteiger partial charge in [-0.05, 0) is 41.7 Å². The number of benzene rings is 2. The molecule has 0 saturated heterocycles. The zero-order chi connectivity index (χ0) is 12.8. The molecule has 2 aromatic carbocycles. The SMILES string of the molecule is CC1(O)CCc2c(cc3ccccc3c2C=O)C1. The summed E-state index contributed by atoms with van der Waals surface area (Å²) in [5.74, 6) is 0. The largest absolute Gasteiger partial charge is 0.390 e. The maximum absolute atomic E-state index is 11.4. The normalized spacial score (nSPS) is 22.8. The molecule has 0 heterocycles. The van der Waals surface area contributed by atoms with Gasteiger partial charge in [0.1, 0.15) is 0 Å². The van der Waals surface area contributed by atoms with E-state index < -0.39 is 5.60 Å². The maximum Gasteiger partial charge on any atom is 0.150 e. The van der Waals surface area contributed by atoms with Gasteiger partial charge in [-0.15, -0.1) is 0 Å². The minimum atomic E-state index is -0.643. The minimum absolute atomic E-state index is 0.633. The predicted octanol–water partition coefficient (Wildman–Crippen LogP) is 2.89. The number of carbonyl (C=O) groups is 1. The Balaban J connectivity index is 2.30. The number of rotatable bonds is 1. The molecule has 1 aliphatic rings. The molecule has 2 nitrogen and oxygen atoms in total. The van der Waals surface area contributed by atoms with E-state index in [1.807, 2.05) is 31.2 Å². The summed E-state index contributed by atoms with van der Waals surface area (Å²) in [6, 6.07) is 10.1. The molecule has 0 aliphatic heterocycles. The van der Waals surface area contributed by atoms with Crippen molar-refractivity contribution in [1.82, 2.24) is 0 Å². The fourth-order valence-corrected chi connectivity index (χ4v) is 2.96. The molecule has 0 amide bonds. The van der Waals surface area contributed by atoms with E-state index in [1.54, 1.807) is 0 Å². The highest BCUT2D eigenvalue weighted by molar-refractivity contribution is 6.00. The van der Waals surface area contributed by atoms with Crippen molar-refractivity contribution in [2.75, 3.05) is 0 Å². The van der Waals surface area contributed by atoms with Crippen molar-refractivity contribution in [3.63, 3.8) is 0 Å². The summed E-state index contributed by atoms with van der Waals surface area (Å²) in [5.41, 5.74) is 2.40. The van der Waals surface area contributed by atoms with Gasteiger partial charge < -0.3 is 5.11 Å². The van der Waals surface area contributed by atoms with Crippen LogP contribution in [0.25, 0.3) is 10.8 Å². The molecule has 1 unspecified atom stereocenters. The highest BCUT2D eigenvalue weighted by Crippen LogP contribution is 2.34. The van der Waals surface area contributed by atoms with Gasteiger partial charge in [0.05, 0.1) is 5.60 Å². The Morgan fingerprint density at radius 3 is 2.89 bits per heavy atom. The molecule has 2 aromatic rings. The highest BCUT2D eigenvalue weighted by Gasteiger charge is 2.29. The second-order valence-corrected chi connectivity index (χ2v) is 5.44. The summed E-state index contributed by atoms with van der Waals surface area (Å²) in [6.45, 7) is 1.87. The van der Waals surface area contributed by atoms with E-state index in [4.69, 9.17) is 0 Å². The summed E-state index contributed by atoms with van der Waals surface area (Å²) in [4.78, 5) is 11.4. The first kappa shape index (κ1) is 11.4. The minimum Gasteiger partial charge on any atom is -0.390 e. The topological polar surface area (TPSA) is 37.3 Å². The Labute approximate surface area is 106 Å². The third kappa shape index (κ3) is 1.73. The van der Waals surface area contributed by atoms with Gasteiger partial charge in [0.2, 0.25) is 0 Å². The zero-order valence-electron chi connectivity index (χ0n) is 10.4. The van der Waals surface area contributed by atoms with Gasteiger partial charge in [-0.3, -0.25) is 4.79 Å². The van der Waals surface area contributed by atoms with Crippen molar-refractivity contribution >= 4 is 17.1 Å². The second kappa shape index (κ2) is 3.92. The quantitative estimate of drug-likeness (QED) is 0.778. The van der Waals surface area contributed by atoms with Gasteiger partial charge in [0, 0.05) is 12.0 Å². The number of fused-ring (bicyclic) bond motifs is 2. The van der Waals surface area contributed by atoms with E-state index in [0.717, 1.165) is 46.6 Å². The summed E-state index contributed by atoms with van der Waals surface area (Å²) in [5, 5.41) is 12.3. The lowest BCUT2D eigenvalue weighted by Crippen LogP contribution is -2.32. The average molecular weight is 240 g/mol. The van der Waals surface area contributed by atoms with Crippen molar-refractivity contribution in [2.45, 2.75) is 31.8 Å². The van der Waals surface area contributed by atoms with Gasteiger partial charge in [-0.2, -0.15) is 0 Å². The molecule has 1 N–H and O–H groups in total. The number of hydrogen-bond acceptors (Lipinski definition) is 2. The number of aldehydes is 1. The fraction of sp³-hybridized carbons (Fsp3) is 0.312. The standard InChI is InChI=1S/C16H16O2/c1-16(18)7-6-14-12(9-16)8-11-4-2-3-5-13(11)15(14)10-17/h2-5,8,10,18H,6-7,9H2,1H3. The van der Waals surface area contributed by atoms with E-state index in [9.17, 15) is 9.90 Å². The van der Waals surface area contributed by atoms with Crippen LogP contribution in [0.1, 0.15) is 34.8 Å². The lowest BCUT2D eigenvalue weighted by molar-refractivity contribution is 0.0458. The molecule has 0 bridgehead atoms. The van der Waals surface area contributed by atoms with E-state index in [-0.39, 0.29) is 0 Å². The molecule has 0 spiro atoms. The predicted molar refractivity (Wildman–Crippen MR) is 72.0 cm³/mol. The smallest absolute Gasteiger partial charge is 0.150 e. The molecule has 1 aliphatic carbocycles. The van der Waals surface area contributed by atoms with Gasteiger partial charge in [-0.1, -0.05) is 30.3 Å². The number of aliphatic hydroxyl groups is 1. The second-order valence-electron chi connectivity index (χ2n) is 5.44. The molecule has 0 saturated carbocycles. The van der Waals surface area contributed by atoms with Gasteiger partial charge in [-0.25, -0.2) is 0 Å². The Morgan fingerprint density at radius 2 is 2.11 bits per heavy atom. The van der Waals surface area contributed by atoms with Gasteiger partial charge >= 0.3 is 0 Å². The highest BCUT2D eigenvalue weighted by atomic mass is 16.3. The first-order valence-electron chi connectivity index (χ1n) is 6.32. The monoisotopic (exact) mass is 240 g/mol. The van der Waals surface area contributed by atoms with Crippen LogP contribution in [0.3, 0.4) is 0 Å². The van der Waals surface area contributed by atoms with E-state index >= 15 is 0 Å². The average Bonchev–Trinajstić information content (AvgIpc) is 2.34. The first-order chi connectivity index (χ1) is 8.61. The molecule has 3 rings (SSSR count). The molecule has 18 heavy (non-hydrogen) atoms. The Bertz CT molecular complexity index is 626. The Morgan fingerprint density at radius 1 is 1.33 bits per heavy atom. The van der Waals surface area contributed by atoms with E-state index in [0.29, 0.717) is 6.42 Å². The Hall–Kier alpha value is -1.67. The first-order valence-corrected chi connectivity index (χ1v) is 6.32. The third-order valence-electron chi connectivity index (χ3n) is 3.90. The molecule has 1 atom stereocenters. The van der Waals surface area contributed by atoms with Crippen molar-refractivity contribution in [3.05, 3.63) is 47.0 Å². The summed E-state index contributed by atoms with van der Waals surface area (Å²) < 4.78 is 0. The Kier molecular flexibility index (Phi) is 2.49. The van der Waals surface area contributed by atoms with Crippen LogP contribution in [0.15, 0.2) is 30.3 Å².